The number of pyridine rings is 1. The number of sulfonamides is 1. The number of hydrogen-bond acceptors (Lipinski definition) is 6. The number of esters is 1. The molecule has 8 nitrogen and oxygen atoms in total. The Morgan fingerprint density at radius 2 is 1.77 bits per heavy atom. The highest BCUT2D eigenvalue weighted by Gasteiger charge is 2.34. The summed E-state index contributed by atoms with van der Waals surface area (Å²) in [5.74, 6) is -1.33. The summed E-state index contributed by atoms with van der Waals surface area (Å²) in [5, 5.41) is 2.82. The van der Waals surface area contributed by atoms with E-state index in [1.807, 2.05) is 32.0 Å². The molecular weight excluding hydrogens is 418 g/mol. The van der Waals surface area contributed by atoms with E-state index in [9.17, 15) is 18.0 Å². The zero-order valence-corrected chi connectivity index (χ0v) is 18.7. The molecule has 2 heterocycles. The van der Waals surface area contributed by atoms with Gasteiger partial charge in [0.15, 0.2) is 6.10 Å². The number of aryl methyl sites for hydroxylation is 2. The third-order valence-corrected chi connectivity index (χ3v) is 7.33. The van der Waals surface area contributed by atoms with Crippen molar-refractivity contribution in [2.24, 2.45) is 5.92 Å². The van der Waals surface area contributed by atoms with Gasteiger partial charge in [0, 0.05) is 31.2 Å². The van der Waals surface area contributed by atoms with Crippen molar-refractivity contribution in [1.82, 2.24) is 9.29 Å². The van der Waals surface area contributed by atoms with Crippen LogP contribution in [-0.4, -0.2) is 48.8 Å². The van der Waals surface area contributed by atoms with E-state index in [1.165, 1.54) is 29.7 Å². The van der Waals surface area contributed by atoms with E-state index in [2.05, 4.69) is 10.3 Å². The lowest BCUT2D eigenvalue weighted by Crippen LogP contribution is -2.41. The van der Waals surface area contributed by atoms with Crippen LogP contribution in [0.1, 0.15) is 30.9 Å². The lowest BCUT2D eigenvalue weighted by atomic mass is 9.98. The fourth-order valence-electron chi connectivity index (χ4n) is 3.54. The predicted molar refractivity (Wildman–Crippen MR) is 116 cm³/mol. The van der Waals surface area contributed by atoms with Crippen LogP contribution in [0.5, 0.6) is 0 Å². The zero-order chi connectivity index (χ0) is 22.6. The maximum Gasteiger partial charge on any atom is 0.309 e. The zero-order valence-electron chi connectivity index (χ0n) is 17.9. The number of nitrogens with zero attached hydrogens (tertiary/aromatic N) is 2. The normalized spacial score (nSPS) is 16.5. The first-order valence-corrected chi connectivity index (χ1v) is 11.6. The molecule has 3 rings (SSSR count). The molecule has 1 unspecified atom stereocenters. The average Bonchev–Trinajstić information content (AvgIpc) is 2.77. The van der Waals surface area contributed by atoms with Gasteiger partial charge in [0.25, 0.3) is 5.91 Å². The van der Waals surface area contributed by atoms with Crippen molar-refractivity contribution < 1.29 is 22.7 Å². The van der Waals surface area contributed by atoms with Gasteiger partial charge in [0.1, 0.15) is 4.90 Å². The Labute approximate surface area is 182 Å². The van der Waals surface area contributed by atoms with Crippen LogP contribution < -0.4 is 5.32 Å². The number of para-hydroxylation sites is 1. The second-order valence-electron chi connectivity index (χ2n) is 7.70. The summed E-state index contributed by atoms with van der Waals surface area (Å²) in [6, 6.07) is 8.77. The Morgan fingerprint density at radius 1 is 1.13 bits per heavy atom. The summed E-state index contributed by atoms with van der Waals surface area (Å²) in [7, 11) is -3.64. The van der Waals surface area contributed by atoms with Crippen LogP contribution in [-0.2, 0) is 24.3 Å². The Morgan fingerprint density at radius 3 is 2.35 bits per heavy atom. The van der Waals surface area contributed by atoms with Gasteiger partial charge >= 0.3 is 5.97 Å². The van der Waals surface area contributed by atoms with E-state index in [0.29, 0.717) is 18.5 Å². The first kappa shape index (κ1) is 22.9. The van der Waals surface area contributed by atoms with Gasteiger partial charge in [-0.15, -0.1) is 0 Å². The topological polar surface area (TPSA) is 106 Å². The van der Waals surface area contributed by atoms with Gasteiger partial charge in [-0.05, 0) is 56.9 Å². The molecule has 2 aromatic rings. The standard InChI is InChI=1S/C22H27N3O5S/c1-15-6-4-7-16(2)20(15)24-21(26)17(3)30-22(27)18-9-12-25(13-10-18)31(28,29)19-8-5-11-23-14-19/h4-8,11,14,17-18H,9-10,12-13H2,1-3H3,(H,24,26). The monoisotopic (exact) mass is 445 g/mol. The van der Waals surface area contributed by atoms with Gasteiger partial charge < -0.3 is 10.1 Å². The van der Waals surface area contributed by atoms with Crippen LogP contribution in [0, 0.1) is 19.8 Å². The first-order chi connectivity index (χ1) is 14.7. The minimum Gasteiger partial charge on any atom is -0.452 e. The van der Waals surface area contributed by atoms with Crippen molar-refractivity contribution >= 4 is 27.6 Å². The number of amides is 1. The van der Waals surface area contributed by atoms with Gasteiger partial charge in [-0.3, -0.25) is 14.6 Å². The van der Waals surface area contributed by atoms with Crippen molar-refractivity contribution in [3.8, 4) is 0 Å². The number of anilines is 1. The lowest BCUT2D eigenvalue weighted by Gasteiger charge is -2.30. The minimum absolute atomic E-state index is 0.132. The summed E-state index contributed by atoms with van der Waals surface area (Å²) < 4.78 is 32.1. The Kier molecular flexibility index (Phi) is 7.07. The molecule has 0 radical (unpaired) electrons. The number of ether oxygens (including phenoxy) is 1. The van der Waals surface area contributed by atoms with E-state index in [0.717, 1.165) is 11.1 Å². The van der Waals surface area contributed by atoms with Crippen molar-refractivity contribution in [1.29, 1.82) is 0 Å². The van der Waals surface area contributed by atoms with Crippen molar-refractivity contribution in [3.05, 3.63) is 53.9 Å². The number of aromatic nitrogens is 1. The summed E-state index contributed by atoms with van der Waals surface area (Å²) in [6.45, 7) is 5.74. The highest BCUT2D eigenvalue weighted by molar-refractivity contribution is 7.89. The molecule has 1 aliphatic heterocycles. The van der Waals surface area contributed by atoms with E-state index in [4.69, 9.17) is 4.74 Å². The average molecular weight is 446 g/mol. The molecule has 0 bridgehead atoms. The summed E-state index contributed by atoms with van der Waals surface area (Å²) >= 11 is 0. The number of nitrogens with one attached hydrogen (secondary N) is 1. The molecular formula is C22H27N3O5S. The molecule has 1 N–H and O–H groups in total. The van der Waals surface area contributed by atoms with Gasteiger partial charge in [0.2, 0.25) is 10.0 Å². The van der Waals surface area contributed by atoms with Crippen molar-refractivity contribution in [2.75, 3.05) is 18.4 Å². The molecule has 0 spiro atoms. The molecule has 1 atom stereocenters. The third kappa shape index (κ3) is 5.29. The lowest BCUT2D eigenvalue weighted by molar-refractivity contribution is -0.158. The maximum absolute atomic E-state index is 12.7. The van der Waals surface area contributed by atoms with Crippen LogP contribution in [0.25, 0.3) is 0 Å². The molecule has 1 saturated heterocycles. The smallest absolute Gasteiger partial charge is 0.309 e. The summed E-state index contributed by atoms with van der Waals surface area (Å²) in [6.07, 6.45) is 2.54. The Balaban J connectivity index is 1.54. The Bertz CT molecular complexity index is 1030. The van der Waals surface area contributed by atoms with E-state index < -0.39 is 33.9 Å². The number of rotatable bonds is 6. The van der Waals surface area contributed by atoms with Crippen LogP contribution in [0.15, 0.2) is 47.6 Å². The number of benzene rings is 1. The highest BCUT2D eigenvalue weighted by atomic mass is 32.2. The highest BCUT2D eigenvalue weighted by Crippen LogP contribution is 2.25. The number of carbonyl (C=O) groups is 2. The number of piperidine rings is 1. The molecule has 31 heavy (non-hydrogen) atoms. The molecule has 1 aliphatic rings. The minimum atomic E-state index is -3.64. The maximum atomic E-state index is 12.7. The number of hydrogen-bond donors (Lipinski definition) is 1. The van der Waals surface area contributed by atoms with E-state index in [1.54, 1.807) is 6.07 Å². The van der Waals surface area contributed by atoms with Gasteiger partial charge in [-0.1, -0.05) is 18.2 Å². The van der Waals surface area contributed by atoms with E-state index >= 15 is 0 Å². The summed E-state index contributed by atoms with van der Waals surface area (Å²) in [4.78, 5) is 29.0. The predicted octanol–water partition coefficient (Wildman–Crippen LogP) is 2.67. The van der Waals surface area contributed by atoms with E-state index in [-0.39, 0.29) is 18.0 Å². The van der Waals surface area contributed by atoms with Crippen LogP contribution in [0.4, 0.5) is 5.69 Å². The van der Waals surface area contributed by atoms with Crippen LogP contribution in [0.3, 0.4) is 0 Å². The van der Waals surface area contributed by atoms with Crippen LogP contribution in [0.2, 0.25) is 0 Å². The molecule has 0 saturated carbocycles. The number of carbonyl (C=O) groups excluding carboxylic acids is 2. The Hall–Kier alpha value is -2.78. The fourth-order valence-corrected chi connectivity index (χ4v) is 4.98. The molecule has 1 fully saturated rings. The third-order valence-electron chi connectivity index (χ3n) is 5.45. The molecule has 9 heteroatoms. The molecule has 0 aliphatic carbocycles. The van der Waals surface area contributed by atoms with Gasteiger partial charge in [-0.25, -0.2) is 8.42 Å². The second-order valence-corrected chi connectivity index (χ2v) is 9.64. The van der Waals surface area contributed by atoms with Crippen molar-refractivity contribution in [2.45, 2.75) is 44.6 Å². The molecule has 166 valence electrons. The van der Waals surface area contributed by atoms with Crippen molar-refractivity contribution in [3.63, 3.8) is 0 Å². The molecule has 1 amide bonds. The van der Waals surface area contributed by atoms with Gasteiger partial charge in [0.05, 0.1) is 5.92 Å². The fraction of sp³-hybridized carbons (Fsp3) is 0.409. The SMILES string of the molecule is Cc1cccc(C)c1NC(=O)C(C)OC(=O)C1CCN(S(=O)(=O)c2cccnc2)CC1. The first-order valence-electron chi connectivity index (χ1n) is 10.2. The largest absolute Gasteiger partial charge is 0.452 e. The summed E-state index contributed by atoms with van der Waals surface area (Å²) in [5.41, 5.74) is 2.56. The second kappa shape index (κ2) is 9.57. The van der Waals surface area contributed by atoms with Gasteiger partial charge in [-0.2, -0.15) is 4.31 Å². The molecule has 1 aromatic heterocycles. The molecule has 1 aromatic carbocycles. The quantitative estimate of drug-likeness (QED) is 0.686. The van der Waals surface area contributed by atoms with Crippen LogP contribution >= 0.6 is 0 Å².